The van der Waals surface area contributed by atoms with Crippen LogP contribution < -0.4 is 0 Å². The molecule has 1 atom stereocenters. The Kier molecular flexibility index (Phi) is 17.0. The van der Waals surface area contributed by atoms with Crippen molar-refractivity contribution < 1.29 is 28.9 Å². The van der Waals surface area contributed by atoms with E-state index in [1.807, 2.05) is 0 Å². The smallest absolute Gasteiger partial charge is 0.379 e. The summed E-state index contributed by atoms with van der Waals surface area (Å²) in [5.41, 5.74) is 0. The highest BCUT2D eigenvalue weighted by molar-refractivity contribution is 7.51. The highest BCUT2D eigenvalue weighted by Crippen LogP contribution is 2.38. The first-order chi connectivity index (χ1) is 13.7. The summed E-state index contributed by atoms with van der Waals surface area (Å²) >= 11 is 0. The maximum absolute atomic E-state index is 12.3. The normalized spacial score (nSPS) is 14.1. The third kappa shape index (κ3) is 20.6. The molecule has 0 aliphatic rings. The third-order valence-electron chi connectivity index (χ3n) is 5.28. The zero-order valence-corrected chi connectivity index (χ0v) is 19.3. The third-order valence-corrected chi connectivity index (χ3v) is 6.17. The standard InChI is InChI=1S/C21H44NO6P/c1-2-3-4-5-6-7-8-9-10-11-12-13-14-15-16-17-18-22(25,19-21(23)24)20-29(26,27)28/h2-20H2,1H3,(H,23,24)(H2,26,27,28). The van der Waals surface area contributed by atoms with Gasteiger partial charge >= 0.3 is 13.6 Å². The first kappa shape index (κ1) is 28.5. The van der Waals surface area contributed by atoms with E-state index in [-0.39, 0.29) is 6.54 Å². The summed E-state index contributed by atoms with van der Waals surface area (Å²) in [7, 11) is -4.54. The topological polar surface area (TPSA) is 118 Å². The summed E-state index contributed by atoms with van der Waals surface area (Å²) in [4.78, 5) is 28.8. The molecule has 0 heterocycles. The van der Waals surface area contributed by atoms with Gasteiger partial charge in [0.1, 0.15) is 0 Å². The molecule has 0 fully saturated rings. The second kappa shape index (κ2) is 17.2. The average molecular weight is 438 g/mol. The van der Waals surface area contributed by atoms with Gasteiger partial charge in [-0.1, -0.05) is 96.8 Å². The van der Waals surface area contributed by atoms with Gasteiger partial charge in [0.05, 0.1) is 6.54 Å². The van der Waals surface area contributed by atoms with Crippen molar-refractivity contribution in [3.63, 3.8) is 0 Å². The van der Waals surface area contributed by atoms with Gasteiger partial charge in [-0.3, -0.25) is 4.57 Å². The van der Waals surface area contributed by atoms with E-state index in [0.717, 1.165) is 19.3 Å². The lowest BCUT2D eigenvalue weighted by atomic mass is 10.0. The van der Waals surface area contributed by atoms with Gasteiger partial charge in [-0.2, -0.15) is 0 Å². The Bertz CT molecular complexity index is 456. The van der Waals surface area contributed by atoms with Crippen LogP contribution in [0.4, 0.5) is 0 Å². The minimum atomic E-state index is -4.54. The minimum Gasteiger partial charge on any atom is -0.632 e. The van der Waals surface area contributed by atoms with Crippen LogP contribution >= 0.6 is 7.60 Å². The number of carbonyl (C=O) groups is 1. The summed E-state index contributed by atoms with van der Waals surface area (Å²) in [6, 6.07) is 0. The van der Waals surface area contributed by atoms with Crippen LogP contribution in [0.3, 0.4) is 0 Å². The van der Waals surface area contributed by atoms with Crippen LogP contribution in [0, 0.1) is 5.21 Å². The number of quaternary nitrogens is 1. The summed E-state index contributed by atoms with van der Waals surface area (Å²) < 4.78 is 9.74. The minimum absolute atomic E-state index is 0.0597. The van der Waals surface area contributed by atoms with Gasteiger partial charge in [0.15, 0.2) is 12.8 Å². The molecule has 7 nitrogen and oxygen atoms in total. The van der Waals surface area contributed by atoms with E-state index in [1.54, 1.807) is 0 Å². The monoisotopic (exact) mass is 437 g/mol. The number of aliphatic carboxylic acids is 1. The fraction of sp³-hybridized carbons (Fsp3) is 0.952. The Labute approximate surface area is 177 Å². The molecule has 0 aliphatic carbocycles. The van der Waals surface area contributed by atoms with Gasteiger partial charge in [0.2, 0.25) is 0 Å². The Hall–Kier alpha value is -0.460. The molecule has 0 aromatic heterocycles. The maximum Gasteiger partial charge on any atom is 0.379 e. The molecule has 0 amide bonds. The number of unbranched alkanes of at least 4 members (excludes halogenated alkanes) is 15. The fourth-order valence-electron chi connectivity index (χ4n) is 3.73. The molecule has 29 heavy (non-hydrogen) atoms. The van der Waals surface area contributed by atoms with Crippen molar-refractivity contribution >= 4 is 13.6 Å². The number of rotatable bonds is 21. The molecule has 0 saturated carbocycles. The summed E-state index contributed by atoms with van der Waals surface area (Å²) in [5, 5.41) is 21.2. The molecule has 0 spiro atoms. The lowest BCUT2D eigenvalue weighted by molar-refractivity contribution is -0.863. The van der Waals surface area contributed by atoms with Crippen molar-refractivity contribution in [2.75, 3.05) is 19.4 Å². The van der Waals surface area contributed by atoms with E-state index in [2.05, 4.69) is 6.92 Å². The Morgan fingerprint density at radius 2 is 1.10 bits per heavy atom. The van der Waals surface area contributed by atoms with E-state index >= 15 is 0 Å². The van der Waals surface area contributed by atoms with Gasteiger partial charge in [-0.25, -0.2) is 4.79 Å². The molecular formula is C21H44NO6P. The van der Waals surface area contributed by atoms with Gasteiger partial charge in [0.25, 0.3) is 0 Å². The molecule has 0 radical (unpaired) electrons. The number of carboxylic acids is 1. The van der Waals surface area contributed by atoms with Gasteiger partial charge in [-0.05, 0) is 12.8 Å². The Morgan fingerprint density at radius 1 is 0.759 bits per heavy atom. The van der Waals surface area contributed by atoms with Crippen molar-refractivity contribution in [2.24, 2.45) is 0 Å². The number of nitrogens with zero attached hydrogens (tertiary/aromatic N) is 1. The van der Waals surface area contributed by atoms with Gasteiger partial charge < -0.3 is 24.7 Å². The molecule has 0 aliphatic heterocycles. The number of hydrogen-bond donors (Lipinski definition) is 3. The van der Waals surface area contributed by atoms with Crippen molar-refractivity contribution in [2.45, 2.75) is 110 Å². The fourth-order valence-corrected chi connectivity index (χ4v) is 4.64. The van der Waals surface area contributed by atoms with Crippen LogP contribution in [0.15, 0.2) is 0 Å². The van der Waals surface area contributed by atoms with E-state index in [9.17, 15) is 14.6 Å². The molecule has 8 heteroatoms. The van der Waals surface area contributed by atoms with E-state index < -0.39 is 31.0 Å². The van der Waals surface area contributed by atoms with E-state index in [4.69, 9.17) is 14.9 Å². The SMILES string of the molecule is CCCCCCCCCCCCCCCCCC[N+]([O-])(CC(=O)O)CP(=O)(O)O. The summed E-state index contributed by atoms with van der Waals surface area (Å²) in [5.74, 6) is -1.33. The number of hydroxylamine groups is 3. The molecule has 1 unspecified atom stereocenters. The molecule has 0 bridgehead atoms. The second-order valence-electron chi connectivity index (χ2n) is 8.44. The van der Waals surface area contributed by atoms with Gasteiger partial charge in [0, 0.05) is 0 Å². The van der Waals surface area contributed by atoms with Crippen molar-refractivity contribution in [3.8, 4) is 0 Å². The molecular weight excluding hydrogens is 393 g/mol. The maximum atomic E-state index is 12.3. The largest absolute Gasteiger partial charge is 0.632 e. The Morgan fingerprint density at radius 3 is 1.41 bits per heavy atom. The van der Waals surface area contributed by atoms with Crippen LogP contribution in [0.5, 0.6) is 0 Å². The van der Waals surface area contributed by atoms with Crippen LogP contribution in [0.1, 0.15) is 110 Å². The predicted octanol–water partition coefficient (Wildman–Crippen LogP) is 5.78. The first-order valence-electron chi connectivity index (χ1n) is 11.5. The van der Waals surface area contributed by atoms with Crippen molar-refractivity contribution in [1.29, 1.82) is 0 Å². The molecule has 3 N–H and O–H groups in total. The van der Waals surface area contributed by atoms with E-state index in [1.165, 1.54) is 77.0 Å². The predicted molar refractivity (Wildman–Crippen MR) is 117 cm³/mol. The molecule has 0 rings (SSSR count). The summed E-state index contributed by atoms with van der Waals surface area (Å²) in [6.07, 6.45) is 18.3. The van der Waals surface area contributed by atoms with Crippen molar-refractivity contribution in [3.05, 3.63) is 5.21 Å². The second-order valence-corrected chi connectivity index (χ2v) is 10.1. The zero-order valence-electron chi connectivity index (χ0n) is 18.4. The molecule has 0 aromatic carbocycles. The quantitative estimate of drug-likeness (QED) is 0.0906. The highest BCUT2D eigenvalue weighted by atomic mass is 31.2. The number of carboxylic acid groups (broad SMARTS) is 1. The van der Waals surface area contributed by atoms with E-state index in [0.29, 0.717) is 6.42 Å². The molecule has 174 valence electrons. The molecule has 0 aromatic rings. The lowest BCUT2D eigenvalue weighted by Gasteiger charge is -2.41. The first-order valence-corrected chi connectivity index (χ1v) is 13.3. The average Bonchev–Trinajstić information content (AvgIpc) is 2.59. The van der Waals surface area contributed by atoms with Crippen LogP contribution in [0.25, 0.3) is 0 Å². The Balaban J connectivity index is 3.57. The van der Waals surface area contributed by atoms with Gasteiger partial charge in [-0.15, -0.1) is 0 Å². The number of hydrogen-bond acceptors (Lipinski definition) is 3. The van der Waals surface area contributed by atoms with Crippen LogP contribution in [0.2, 0.25) is 0 Å². The zero-order chi connectivity index (χ0) is 22.0. The molecule has 0 saturated heterocycles. The van der Waals surface area contributed by atoms with Crippen LogP contribution in [-0.4, -0.2) is 44.9 Å². The van der Waals surface area contributed by atoms with Crippen molar-refractivity contribution in [1.82, 2.24) is 0 Å². The highest BCUT2D eigenvalue weighted by Gasteiger charge is 2.30. The van der Waals surface area contributed by atoms with Crippen LogP contribution in [-0.2, 0) is 9.36 Å². The summed E-state index contributed by atoms with van der Waals surface area (Å²) in [6.45, 7) is 1.38. The lowest BCUT2D eigenvalue weighted by Crippen LogP contribution is -2.47.